The zero-order valence-electron chi connectivity index (χ0n) is 46.3. The molecule has 4 aliphatic rings. The lowest BCUT2D eigenvalue weighted by molar-refractivity contribution is -0.201. The number of ether oxygens (including phenoxy) is 3. The number of unbranched alkanes of at least 4 members (excludes halogenated alkanes) is 1. The molecule has 0 aliphatic carbocycles. The number of nitrogens with two attached hydrogens (primary N) is 1. The maximum absolute atomic E-state index is 15.3. The Bertz CT molecular complexity index is 2380. The largest absolute Gasteiger partial charge is 0.467 e. The summed E-state index contributed by atoms with van der Waals surface area (Å²) in [4.78, 5) is 70.3. The fourth-order valence-electron chi connectivity index (χ4n) is 12.7. The molecule has 6 heterocycles. The molecule has 404 valence electrons. The van der Waals surface area contributed by atoms with Gasteiger partial charge >= 0.3 is 0 Å². The Morgan fingerprint density at radius 2 is 1.75 bits per heavy atom. The number of carbonyl (C=O) groups is 4. The molecule has 4 saturated heterocycles. The van der Waals surface area contributed by atoms with Gasteiger partial charge in [-0.1, -0.05) is 27.7 Å². The highest BCUT2D eigenvalue weighted by molar-refractivity contribution is 5.95. The second kappa shape index (κ2) is 23.9. The van der Waals surface area contributed by atoms with Crippen LogP contribution in [0, 0.1) is 23.7 Å². The molecule has 2 aromatic heterocycles. The number of aromatic nitrogens is 2. The van der Waals surface area contributed by atoms with E-state index in [1.807, 2.05) is 30.0 Å². The van der Waals surface area contributed by atoms with Crippen LogP contribution in [0.2, 0.25) is 0 Å². The van der Waals surface area contributed by atoms with Crippen LogP contribution in [-0.4, -0.2) is 170 Å². The molecule has 7 rings (SSSR count). The molecule has 2 spiro atoms. The van der Waals surface area contributed by atoms with Crippen molar-refractivity contribution in [3.63, 3.8) is 0 Å². The predicted molar refractivity (Wildman–Crippen MR) is 288 cm³/mol. The Morgan fingerprint density at radius 1 is 1.03 bits per heavy atom. The lowest BCUT2D eigenvalue weighted by Gasteiger charge is -2.58. The summed E-state index contributed by atoms with van der Waals surface area (Å²) in [5.74, 6) is -0.0783. The Labute approximate surface area is 436 Å². The van der Waals surface area contributed by atoms with Crippen LogP contribution in [0.15, 0.2) is 30.5 Å². The van der Waals surface area contributed by atoms with Crippen molar-refractivity contribution < 1.29 is 33.4 Å². The second-order valence-corrected chi connectivity index (χ2v) is 23.1. The molecule has 16 nitrogen and oxygen atoms in total. The van der Waals surface area contributed by atoms with Crippen LogP contribution in [0.3, 0.4) is 0 Å². The number of hydrogen-bond acceptors (Lipinski definition) is 12. The molecule has 0 bridgehead atoms. The highest BCUT2D eigenvalue weighted by Gasteiger charge is 2.54. The highest BCUT2D eigenvalue weighted by Crippen LogP contribution is 2.44. The van der Waals surface area contributed by atoms with E-state index >= 15 is 9.59 Å². The van der Waals surface area contributed by atoms with Gasteiger partial charge < -0.3 is 44.5 Å². The van der Waals surface area contributed by atoms with Crippen LogP contribution in [0.5, 0.6) is 0 Å². The van der Waals surface area contributed by atoms with E-state index in [0.29, 0.717) is 65.3 Å². The molecule has 4 fully saturated rings. The van der Waals surface area contributed by atoms with Gasteiger partial charge in [-0.15, -0.1) is 0 Å². The number of rotatable bonds is 25. The molecule has 4 unspecified atom stereocenters. The van der Waals surface area contributed by atoms with Gasteiger partial charge in [-0.25, -0.2) is 0 Å². The number of pyridine rings is 1. The number of anilines is 1. The molecular weight excluding hydrogens is 923 g/mol. The van der Waals surface area contributed by atoms with Crippen molar-refractivity contribution in [2.24, 2.45) is 22.5 Å². The van der Waals surface area contributed by atoms with E-state index < -0.39 is 12.1 Å². The van der Waals surface area contributed by atoms with E-state index in [2.05, 4.69) is 97.3 Å². The van der Waals surface area contributed by atoms with Gasteiger partial charge in [0.1, 0.15) is 6.04 Å². The smallest absolute Gasteiger partial charge is 0.293 e. The number of likely N-dealkylation sites (tertiary alicyclic amines) is 3. The van der Waals surface area contributed by atoms with Gasteiger partial charge in [-0.3, -0.25) is 34.0 Å². The SMILES string of the molecule is CCN(CCC(C(NC(=O)C(C(C)C)N1CCCC12CCN(C(C)=O)CC2)C(=O)N(C)CCCCN)N1CC2(COC2)C1)c1ccc2c(c1)c(CC(C)(C)COC=O)c(-c1cc(C)cnc1C(C)OC)n2CC. The monoisotopic (exact) mass is 1010 g/mol. The summed E-state index contributed by atoms with van der Waals surface area (Å²) in [6.45, 7) is 27.8. The van der Waals surface area contributed by atoms with E-state index in [-0.39, 0.29) is 58.8 Å². The zero-order chi connectivity index (χ0) is 52.8. The number of nitrogens with zero attached hydrogens (tertiary/aromatic N) is 7. The summed E-state index contributed by atoms with van der Waals surface area (Å²) < 4.78 is 19.5. The summed E-state index contributed by atoms with van der Waals surface area (Å²) in [5.41, 5.74) is 12.8. The normalized spacial score (nSPS) is 19.4. The van der Waals surface area contributed by atoms with Crippen molar-refractivity contribution in [1.82, 2.24) is 34.5 Å². The minimum Gasteiger partial charge on any atom is -0.467 e. The predicted octanol–water partition coefficient (Wildman–Crippen LogP) is 6.58. The van der Waals surface area contributed by atoms with E-state index in [4.69, 9.17) is 24.9 Å². The van der Waals surface area contributed by atoms with Crippen LogP contribution in [-0.2, 0) is 46.4 Å². The van der Waals surface area contributed by atoms with E-state index in [9.17, 15) is 9.59 Å². The van der Waals surface area contributed by atoms with Crippen LogP contribution in [0.1, 0.15) is 123 Å². The Kier molecular flexibility index (Phi) is 18.4. The van der Waals surface area contributed by atoms with E-state index in [1.165, 1.54) is 0 Å². The van der Waals surface area contributed by atoms with Gasteiger partial charge in [0.05, 0.1) is 43.4 Å². The summed E-state index contributed by atoms with van der Waals surface area (Å²) >= 11 is 0. The minimum atomic E-state index is -0.788. The molecular formula is C57H89N9O7. The molecule has 0 radical (unpaired) electrons. The van der Waals surface area contributed by atoms with Crippen molar-refractivity contribution in [3.8, 4) is 11.3 Å². The van der Waals surface area contributed by atoms with Crippen molar-refractivity contribution in [1.29, 1.82) is 0 Å². The topological polar surface area (TPSA) is 168 Å². The number of benzene rings is 1. The zero-order valence-corrected chi connectivity index (χ0v) is 46.3. The van der Waals surface area contributed by atoms with Crippen LogP contribution in [0.4, 0.5) is 5.69 Å². The van der Waals surface area contributed by atoms with Gasteiger partial charge in [-0.05, 0) is 133 Å². The Balaban J connectivity index is 1.26. The van der Waals surface area contributed by atoms with E-state index in [0.717, 1.165) is 116 Å². The number of fused-ring (bicyclic) bond motifs is 1. The van der Waals surface area contributed by atoms with Crippen LogP contribution in [0.25, 0.3) is 22.2 Å². The van der Waals surface area contributed by atoms with E-state index in [1.54, 1.807) is 14.0 Å². The van der Waals surface area contributed by atoms with Crippen LogP contribution < -0.4 is 16.0 Å². The number of amides is 3. The molecule has 0 saturated carbocycles. The summed E-state index contributed by atoms with van der Waals surface area (Å²) in [7, 11) is 3.58. The minimum absolute atomic E-state index is 0.00422. The molecule has 1 aromatic carbocycles. The molecule has 4 atom stereocenters. The number of aryl methyl sites for hydroxylation is 2. The second-order valence-electron chi connectivity index (χ2n) is 23.1. The number of carbonyl (C=O) groups excluding carboxylic acids is 4. The highest BCUT2D eigenvalue weighted by atomic mass is 16.5. The third kappa shape index (κ3) is 12.1. The summed E-state index contributed by atoms with van der Waals surface area (Å²) in [5, 5.41) is 4.63. The Hall–Kier alpha value is -4.61. The van der Waals surface area contributed by atoms with Crippen molar-refractivity contribution >= 4 is 40.8 Å². The van der Waals surface area contributed by atoms with Crippen molar-refractivity contribution in [3.05, 3.63) is 47.3 Å². The van der Waals surface area contributed by atoms with Gasteiger partial charge in [0, 0.05) is 124 Å². The lowest BCUT2D eigenvalue weighted by Crippen LogP contribution is -2.72. The van der Waals surface area contributed by atoms with Gasteiger partial charge in [0.15, 0.2) is 0 Å². The first-order chi connectivity index (χ1) is 34.9. The first-order valence-corrected chi connectivity index (χ1v) is 27.4. The summed E-state index contributed by atoms with van der Waals surface area (Å²) in [6.07, 6.45) is 8.18. The molecule has 4 aliphatic heterocycles. The Morgan fingerprint density at radius 3 is 2.36 bits per heavy atom. The number of likely N-dealkylation sites (N-methyl/N-ethyl adjacent to an activating group) is 1. The first kappa shape index (κ1) is 56.1. The average Bonchev–Trinajstić information content (AvgIpc) is 3.87. The fourth-order valence-corrected chi connectivity index (χ4v) is 12.7. The van der Waals surface area contributed by atoms with Crippen molar-refractivity contribution in [2.75, 3.05) is 97.8 Å². The summed E-state index contributed by atoms with van der Waals surface area (Å²) in [6, 6.07) is 7.48. The first-order valence-electron chi connectivity index (χ1n) is 27.4. The van der Waals surface area contributed by atoms with Gasteiger partial charge in [0.25, 0.3) is 6.47 Å². The van der Waals surface area contributed by atoms with Crippen LogP contribution >= 0.6 is 0 Å². The molecule has 3 amide bonds. The fraction of sp³-hybridized carbons (Fsp3) is 0.702. The standard InChI is InChI=1S/C57H89N9O7/c1-12-62(43-17-18-47-44(30-43)46(31-55(8,9)35-73-38-67)52(65(47)13-2)45-29-40(5)32-59-49(45)41(6)71-11)26-19-48(64-33-56(34-64)36-72-37-56)50(54(70)61(10)24-15-14-23-58)60-53(69)51(39(3)4)66-25-16-20-57(66)21-27-63(28-22-57)42(7)68/h17-18,29-30,32,38-39,41,48,50-51H,12-16,19-28,31,33-37,58H2,1-11H3,(H,60,69). The maximum Gasteiger partial charge on any atom is 0.293 e. The van der Waals surface area contributed by atoms with Crippen molar-refractivity contribution in [2.45, 2.75) is 150 Å². The number of hydrogen-bond donors (Lipinski definition) is 2. The number of methoxy groups -OCH3 is 1. The third-order valence-electron chi connectivity index (χ3n) is 16.8. The molecule has 16 heteroatoms. The van der Waals surface area contributed by atoms with Gasteiger partial charge in [-0.2, -0.15) is 0 Å². The number of nitrogens with one attached hydrogen (secondary N) is 1. The van der Waals surface area contributed by atoms with Gasteiger partial charge in [0.2, 0.25) is 17.7 Å². The average molecular weight is 1010 g/mol. The quantitative estimate of drug-likeness (QED) is 0.0693. The number of piperidine rings is 1. The maximum atomic E-state index is 15.3. The molecule has 3 N–H and O–H groups in total. The molecule has 73 heavy (non-hydrogen) atoms. The lowest BCUT2D eigenvalue weighted by atomic mass is 9.76. The third-order valence-corrected chi connectivity index (χ3v) is 16.8. The molecule has 3 aromatic rings.